The molecule has 5 atom stereocenters. The van der Waals surface area contributed by atoms with Gasteiger partial charge < -0.3 is 14.6 Å². The number of phenolic OH excluding ortho intramolecular Hbond substituents is 1. The maximum absolute atomic E-state index is 13.2. The molecule has 3 fully saturated rings. The van der Waals surface area contributed by atoms with Crippen molar-refractivity contribution in [2.24, 2.45) is 11.8 Å². The summed E-state index contributed by atoms with van der Waals surface area (Å²) >= 11 is 0. The Morgan fingerprint density at radius 2 is 2.05 bits per heavy atom. The van der Waals surface area contributed by atoms with Crippen LogP contribution in [0.15, 0.2) is 36.4 Å². The van der Waals surface area contributed by atoms with E-state index in [1.165, 1.54) is 31.9 Å². The first-order valence-corrected chi connectivity index (χ1v) is 15.1. The fourth-order valence-electron chi connectivity index (χ4n) is 8.51. The molecule has 2 aliphatic heterocycles. The van der Waals surface area contributed by atoms with Crippen LogP contribution in [0.5, 0.6) is 17.2 Å². The molecule has 0 radical (unpaired) electrons. The molecule has 0 amide bonds. The fraction of sp³-hybridized carbons (Fsp3) is 0.545. The summed E-state index contributed by atoms with van der Waals surface area (Å²) in [5.74, 6) is 1.72. The third kappa shape index (κ3) is 4.51. The third-order valence-corrected chi connectivity index (χ3v) is 10.4. The minimum Gasteiger partial charge on any atom is -0.504 e. The largest absolute Gasteiger partial charge is 0.504 e. The SMILES string of the molecule is CC(=O)Oc1cc(O)c2c3c1C[C@@H]1[C@@H]4CC[C@H](N(C)CC=Cc5cccc(C(F)(F)F)c5)[C@H](O2)[C@]34CCN1CC1CC1. The molecule has 2 aromatic carbocycles. The highest BCUT2D eigenvalue weighted by molar-refractivity contribution is 5.73. The lowest BCUT2D eigenvalue weighted by molar-refractivity contribution is -0.137. The van der Waals surface area contributed by atoms with Crippen molar-refractivity contribution < 1.29 is 32.5 Å². The van der Waals surface area contributed by atoms with E-state index in [0.717, 1.165) is 61.9 Å². The normalized spacial score (nSPS) is 30.0. The lowest BCUT2D eigenvalue weighted by Gasteiger charge is -2.60. The fourth-order valence-corrected chi connectivity index (χ4v) is 8.51. The summed E-state index contributed by atoms with van der Waals surface area (Å²) in [5.41, 5.74) is 1.60. The average molecular weight is 583 g/mol. The quantitative estimate of drug-likeness (QED) is 0.329. The second-order valence-corrected chi connectivity index (χ2v) is 12.9. The molecule has 0 aromatic heterocycles. The molecule has 3 aliphatic carbocycles. The van der Waals surface area contributed by atoms with Gasteiger partial charge in [-0.1, -0.05) is 24.3 Å². The Labute approximate surface area is 244 Å². The van der Waals surface area contributed by atoms with Gasteiger partial charge in [0.2, 0.25) is 0 Å². The second kappa shape index (κ2) is 10.0. The van der Waals surface area contributed by atoms with E-state index in [1.807, 2.05) is 13.1 Å². The molecule has 2 saturated carbocycles. The molecule has 1 N–H and O–H groups in total. The predicted molar refractivity (Wildman–Crippen MR) is 152 cm³/mol. The van der Waals surface area contributed by atoms with E-state index >= 15 is 0 Å². The Kier molecular flexibility index (Phi) is 6.62. The van der Waals surface area contributed by atoms with E-state index in [1.54, 1.807) is 18.2 Å². The van der Waals surface area contributed by atoms with Gasteiger partial charge in [0.05, 0.1) is 5.56 Å². The maximum Gasteiger partial charge on any atom is 0.416 e. The first-order valence-electron chi connectivity index (χ1n) is 15.1. The van der Waals surface area contributed by atoms with E-state index < -0.39 is 17.7 Å². The van der Waals surface area contributed by atoms with Crippen molar-refractivity contribution in [1.29, 1.82) is 0 Å². The summed E-state index contributed by atoms with van der Waals surface area (Å²) in [4.78, 5) is 16.9. The van der Waals surface area contributed by atoms with Crippen LogP contribution in [-0.4, -0.2) is 65.7 Å². The minimum absolute atomic E-state index is 0.0113. The van der Waals surface area contributed by atoms with Crippen molar-refractivity contribution in [3.63, 3.8) is 0 Å². The summed E-state index contributed by atoms with van der Waals surface area (Å²) < 4.78 is 52.0. The molecule has 5 aliphatic rings. The number of rotatable bonds is 7. The van der Waals surface area contributed by atoms with Crippen LogP contribution in [0.1, 0.15) is 61.3 Å². The lowest BCUT2D eigenvalue weighted by Crippen LogP contribution is -2.68. The number of phenols is 1. The highest BCUT2D eigenvalue weighted by Crippen LogP contribution is 2.65. The van der Waals surface area contributed by atoms with E-state index in [4.69, 9.17) is 9.47 Å². The summed E-state index contributed by atoms with van der Waals surface area (Å²) in [6.07, 6.45) is 5.32. The van der Waals surface area contributed by atoms with Crippen LogP contribution < -0.4 is 9.47 Å². The monoisotopic (exact) mass is 582 g/mol. The molecule has 6 nitrogen and oxygen atoms in total. The number of nitrogens with zero attached hydrogens (tertiary/aromatic N) is 2. The first kappa shape index (κ1) is 27.8. The van der Waals surface area contributed by atoms with Crippen LogP contribution in [0.2, 0.25) is 0 Å². The van der Waals surface area contributed by atoms with E-state index in [2.05, 4.69) is 9.80 Å². The van der Waals surface area contributed by atoms with E-state index in [-0.39, 0.29) is 23.3 Å². The first-order chi connectivity index (χ1) is 20.1. The number of likely N-dealkylation sites (N-methyl/N-ethyl adjacent to an activating group) is 1. The van der Waals surface area contributed by atoms with Gasteiger partial charge in [0, 0.05) is 54.7 Å². The molecule has 2 heterocycles. The zero-order valence-corrected chi connectivity index (χ0v) is 24.0. The maximum atomic E-state index is 13.2. The van der Waals surface area contributed by atoms with Crippen LogP contribution in [0.3, 0.4) is 0 Å². The van der Waals surface area contributed by atoms with Crippen molar-refractivity contribution >= 4 is 12.0 Å². The van der Waals surface area contributed by atoms with E-state index in [0.29, 0.717) is 35.6 Å². The van der Waals surface area contributed by atoms with Crippen LogP contribution >= 0.6 is 0 Å². The summed E-state index contributed by atoms with van der Waals surface area (Å²) in [6.45, 7) is 4.02. The van der Waals surface area contributed by atoms with Crippen LogP contribution in [0.25, 0.3) is 6.08 Å². The minimum atomic E-state index is -4.38. The Morgan fingerprint density at radius 1 is 1.24 bits per heavy atom. The summed E-state index contributed by atoms with van der Waals surface area (Å²) in [5, 5.41) is 11.1. The number of esters is 1. The Bertz CT molecular complexity index is 1440. The molecule has 2 aromatic rings. The number of aromatic hydroxyl groups is 1. The number of hydrogen-bond acceptors (Lipinski definition) is 6. The van der Waals surface area contributed by atoms with Crippen molar-refractivity contribution in [3.05, 3.63) is 58.7 Å². The zero-order valence-electron chi connectivity index (χ0n) is 24.0. The van der Waals surface area contributed by atoms with Gasteiger partial charge in [-0.3, -0.25) is 14.6 Å². The van der Waals surface area contributed by atoms with Gasteiger partial charge in [-0.25, -0.2) is 0 Å². The number of carbonyl (C=O) groups excluding carboxylic acids is 1. The van der Waals surface area contributed by atoms with Crippen LogP contribution in [0, 0.1) is 11.8 Å². The topological polar surface area (TPSA) is 62.2 Å². The van der Waals surface area contributed by atoms with Gasteiger partial charge in [-0.2, -0.15) is 13.2 Å². The van der Waals surface area contributed by atoms with Crippen molar-refractivity contribution in [2.45, 2.75) is 75.2 Å². The van der Waals surface area contributed by atoms with Crippen molar-refractivity contribution in [2.75, 3.05) is 26.7 Å². The summed E-state index contributed by atoms with van der Waals surface area (Å²) in [7, 11) is 2.04. The number of piperidine rings is 1. The molecule has 42 heavy (non-hydrogen) atoms. The highest BCUT2D eigenvalue weighted by atomic mass is 19.4. The molecular weight excluding hydrogens is 545 g/mol. The number of benzene rings is 2. The van der Waals surface area contributed by atoms with Gasteiger partial charge in [0.15, 0.2) is 11.5 Å². The van der Waals surface area contributed by atoms with Crippen LogP contribution in [0.4, 0.5) is 13.2 Å². The molecule has 1 spiro atoms. The predicted octanol–water partition coefficient (Wildman–Crippen LogP) is 5.80. The number of ether oxygens (including phenoxy) is 2. The van der Waals surface area contributed by atoms with Crippen LogP contribution in [-0.2, 0) is 22.8 Å². The smallest absolute Gasteiger partial charge is 0.416 e. The van der Waals surface area contributed by atoms with Gasteiger partial charge in [-0.15, -0.1) is 0 Å². The molecule has 9 heteroatoms. The Balaban J connectivity index is 1.20. The van der Waals surface area contributed by atoms with Gasteiger partial charge in [-0.05, 0) is 81.6 Å². The molecule has 224 valence electrons. The van der Waals surface area contributed by atoms with Gasteiger partial charge >= 0.3 is 12.1 Å². The lowest BCUT2D eigenvalue weighted by atomic mass is 9.50. The van der Waals surface area contributed by atoms with Gasteiger partial charge in [0.1, 0.15) is 11.9 Å². The van der Waals surface area contributed by atoms with Crippen molar-refractivity contribution in [3.8, 4) is 17.2 Å². The highest BCUT2D eigenvalue weighted by Gasteiger charge is 2.66. The Morgan fingerprint density at radius 3 is 2.79 bits per heavy atom. The number of alkyl halides is 3. The second-order valence-electron chi connectivity index (χ2n) is 12.9. The molecular formula is C33H37F3N2O4. The molecule has 7 rings (SSSR count). The number of likely N-dealkylation sites (tertiary alicyclic amines) is 1. The Hall–Kier alpha value is -3.04. The molecule has 0 unspecified atom stereocenters. The molecule has 2 bridgehead atoms. The molecule has 1 saturated heterocycles. The summed E-state index contributed by atoms with van der Waals surface area (Å²) in [6, 6.07) is 7.28. The number of halogens is 3. The average Bonchev–Trinajstić information content (AvgIpc) is 3.69. The number of hydrogen-bond donors (Lipinski definition) is 1. The van der Waals surface area contributed by atoms with Crippen molar-refractivity contribution in [1.82, 2.24) is 9.80 Å². The van der Waals surface area contributed by atoms with Gasteiger partial charge in [0.25, 0.3) is 0 Å². The third-order valence-electron chi connectivity index (χ3n) is 10.4. The standard InChI is InChI=1S/C33H37F3N2O4/c1-19(39)41-28-17-27(40)30-29-23(28)16-26-24-10-11-25(31(42-30)32(24,29)12-14-38(26)18-21-8-9-21)37(2)13-4-6-20-5-3-7-22(15-20)33(34,35)36/h3-7,15,17,21,24-26,31,40H,8-14,16,18H2,1-2H3/t24-,25-,26+,31-,32-/m0/s1. The van der Waals surface area contributed by atoms with E-state index in [9.17, 15) is 23.1 Å². The zero-order chi connectivity index (χ0) is 29.4. The number of carbonyl (C=O) groups is 1.